The summed E-state index contributed by atoms with van der Waals surface area (Å²) in [5.41, 5.74) is 12.6. The van der Waals surface area contributed by atoms with Crippen molar-refractivity contribution in [2.24, 2.45) is 17.4 Å². The molecular formula is C45H64N10O16. The molecule has 9 amide bonds. The summed E-state index contributed by atoms with van der Waals surface area (Å²) in [5, 5.41) is 66.7. The normalized spacial score (nSPS) is 14.8. The van der Waals surface area contributed by atoms with Crippen LogP contribution in [0, 0.1) is 5.92 Å². The Morgan fingerprint density at radius 3 is 1.56 bits per heavy atom. The van der Waals surface area contributed by atoms with Gasteiger partial charge in [-0.1, -0.05) is 56.3 Å². The summed E-state index contributed by atoms with van der Waals surface area (Å²) in [5.74, 6) is -12.6. The zero-order valence-electron chi connectivity index (χ0n) is 39.5. The molecule has 0 heterocycles. The van der Waals surface area contributed by atoms with Crippen LogP contribution in [-0.2, 0) is 65.6 Å². The summed E-state index contributed by atoms with van der Waals surface area (Å²) in [4.78, 5) is 141. The van der Waals surface area contributed by atoms with Crippen molar-refractivity contribution >= 4 is 65.1 Å². The van der Waals surface area contributed by atoms with E-state index in [1.54, 1.807) is 42.5 Å². The second-order valence-corrected chi connectivity index (χ2v) is 16.8. The molecule has 0 aliphatic carbocycles. The largest absolute Gasteiger partial charge is 0.508 e. The molecule has 0 spiro atoms. The number of aliphatic carboxylic acids is 2. The third-order valence-corrected chi connectivity index (χ3v) is 10.5. The van der Waals surface area contributed by atoms with Gasteiger partial charge in [-0.3, -0.25) is 52.7 Å². The number of carboxylic acids is 2. The van der Waals surface area contributed by atoms with Gasteiger partial charge in [0.1, 0.15) is 54.6 Å². The van der Waals surface area contributed by atoms with Crippen LogP contribution in [0.2, 0.25) is 0 Å². The first-order valence-corrected chi connectivity index (χ1v) is 22.3. The summed E-state index contributed by atoms with van der Waals surface area (Å²) in [6.07, 6.45) is -3.76. The number of carboxylic acid groups (broad SMARTS) is 2. The Balaban J connectivity index is 2.24. The second-order valence-electron chi connectivity index (χ2n) is 16.8. The summed E-state index contributed by atoms with van der Waals surface area (Å²) in [7, 11) is 0. The number of aromatic hydroxyl groups is 1. The number of carbonyl (C=O) groups is 11. The first-order chi connectivity index (χ1) is 33.3. The van der Waals surface area contributed by atoms with Crippen LogP contribution in [0.4, 0.5) is 0 Å². The van der Waals surface area contributed by atoms with E-state index in [1.807, 2.05) is 5.32 Å². The van der Waals surface area contributed by atoms with E-state index in [-0.39, 0.29) is 18.6 Å². The fourth-order valence-corrected chi connectivity index (χ4v) is 6.53. The number of hydrogen-bond acceptors (Lipinski definition) is 15. The lowest BCUT2D eigenvalue weighted by Crippen LogP contribution is -2.61. The van der Waals surface area contributed by atoms with Crippen LogP contribution in [-0.4, -0.2) is 158 Å². The molecule has 26 heteroatoms. The van der Waals surface area contributed by atoms with Crippen molar-refractivity contribution in [2.45, 2.75) is 121 Å². The summed E-state index contributed by atoms with van der Waals surface area (Å²) in [6.45, 7) is 3.40. The van der Waals surface area contributed by atoms with Crippen molar-refractivity contribution < 1.29 is 78.3 Å². The molecule has 0 aliphatic heterocycles. The number of aliphatic hydroxyl groups is 2. The highest BCUT2D eigenvalue weighted by Gasteiger charge is 2.35. The van der Waals surface area contributed by atoms with Crippen LogP contribution in [0.25, 0.3) is 0 Å². The molecule has 0 saturated carbocycles. The van der Waals surface area contributed by atoms with Crippen LogP contribution in [0.15, 0.2) is 54.6 Å². The average molecular weight is 1000 g/mol. The Labute approximate surface area is 407 Å². The molecular weight excluding hydrogens is 937 g/mol. The maximum absolute atomic E-state index is 13.8. The van der Waals surface area contributed by atoms with Gasteiger partial charge in [0, 0.05) is 19.3 Å². The SMILES string of the molecule is CC(C)[C@H](NC(=O)[C@H](CO)NC(=O)[C@H](Cc1ccccc1)NC(=O)[C@@H](N)Cc1ccc(O)cc1)C(=O)N[C@@H](CCC(=O)O)C(=O)N[C@@H](C)C(=O)N[C@@H](CCC(N)=O)C(=O)N[C@H](C(=O)NCC(=O)O)[C@@H](C)O. The van der Waals surface area contributed by atoms with Crippen molar-refractivity contribution in [2.75, 3.05) is 13.2 Å². The third kappa shape index (κ3) is 21.2. The number of nitrogens with two attached hydrogens (primary N) is 2. The molecule has 2 rings (SSSR count). The molecule has 0 radical (unpaired) electrons. The zero-order chi connectivity index (χ0) is 53.5. The van der Waals surface area contributed by atoms with Gasteiger partial charge in [0.2, 0.25) is 53.2 Å². The van der Waals surface area contributed by atoms with Crippen molar-refractivity contribution in [1.82, 2.24) is 42.5 Å². The molecule has 0 aliphatic rings. The minimum absolute atomic E-state index is 0.00382. The van der Waals surface area contributed by atoms with Crippen LogP contribution in [0.1, 0.15) is 64.5 Å². The molecule has 2 aromatic rings. The van der Waals surface area contributed by atoms with Crippen molar-refractivity contribution in [3.05, 3.63) is 65.7 Å². The predicted octanol–water partition coefficient (Wildman–Crippen LogP) is -4.72. The number of benzene rings is 2. The fraction of sp³-hybridized carbons (Fsp3) is 0.489. The number of nitrogens with one attached hydrogen (secondary N) is 8. The molecule has 0 saturated heterocycles. The van der Waals surface area contributed by atoms with E-state index in [1.165, 1.54) is 26.0 Å². The van der Waals surface area contributed by atoms with E-state index >= 15 is 0 Å². The Kier molecular flexibility index (Phi) is 24.6. The highest BCUT2D eigenvalue weighted by atomic mass is 16.4. The molecule has 17 N–H and O–H groups in total. The number of primary amides is 1. The van der Waals surface area contributed by atoms with Gasteiger partial charge >= 0.3 is 11.9 Å². The van der Waals surface area contributed by atoms with E-state index in [0.29, 0.717) is 11.1 Å². The Morgan fingerprint density at radius 1 is 0.535 bits per heavy atom. The van der Waals surface area contributed by atoms with Gasteiger partial charge in [-0.25, -0.2) is 0 Å². The number of phenolic OH excluding ortho intramolecular Hbond substituents is 1. The molecule has 0 unspecified atom stereocenters. The number of amides is 9. The number of aliphatic hydroxyl groups excluding tert-OH is 2. The molecule has 2 aromatic carbocycles. The van der Waals surface area contributed by atoms with E-state index in [2.05, 4.69) is 37.2 Å². The molecule has 26 nitrogen and oxygen atoms in total. The number of carbonyl (C=O) groups excluding carboxylic acids is 9. The van der Waals surface area contributed by atoms with Gasteiger partial charge in [-0.05, 0) is 62.3 Å². The fourth-order valence-electron chi connectivity index (χ4n) is 6.53. The summed E-state index contributed by atoms with van der Waals surface area (Å²) >= 11 is 0. The predicted molar refractivity (Wildman–Crippen MR) is 249 cm³/mol. The standard InChI is InChI=1S/C45H64N10O16/c1-22(2)36(54-43(69)32(21-56)53-42(68)31(19-25-8-6-5-7-9-25)52-39(65)28(46)18-26-10-12-27(58)13-11-26)45(71)51-30(15-17-34(60)61)40(66)49-23(3)38(64)50-29(14-16-33(47)59)41(67)55-37(24(4)57)44(70)48-20-35(62)63/h5-13,22-24,28-32,36-37,56-58H,14-21,46H2,1-4H3,(H2,47,59)(H,48,70)(H,49,66)(H,50,64)(H,51,71)(H,52,65)(H,53,68)(H,54,69)(H,55,67)(H,60,61)(H,62,63)/t23-,24+,28-,29-,30-,31-,32-,36-,37-/m0/s1. The molecule has 0 fully saturated rings. The van der Waals surface area contributed by atoms with Crippen LogP contribution < -0.4 is 54.0 Å². The van der Waals surface area contributed by atoms with Crippen LogP contribution in [0.5, 0.6) is 5.75 Å². The third-order valence-electron chi connectivity index (χ3n) is 10.5. The average Bonchev–Trinajstić information content (AvgIpc) is 3.30. The summed E-state index contributed by atoms with van der Waals surface area (Å²) < 4.78 is 0. The van der Waals surface area contributed by atoms with E-state index < -0.39 is 164 Å². The highest BCUT2D eigenvalue weighted by Crippen LogP contribution is 2.12. The van der Waals surface area contributed by atoms with Crippen LogP contribution >= 0.6 is 0 Å². The first kappa shape index (κ1) is 59.4. The Bertz CT molecular complexity index is 2190. The maximum atomic E-state index is 13.8. The van der Waals surface area contributed by atoms with Gasteiger partial charge in [-0.2, -0.15) is 0 Å². The van der Waals surface area contributed by atoms with Gasteiger partial charge in [-0.15, -0.1) is 0 Å². The summed E-state index contributed by atoms with van der Waals surface area (Å²) in [6, 6.07) is 2.24. The van der Waals surface area contributed by atoms with Crippen molar-refractivity contribution in [3.63, 3.8) is 0 Å². The van der Waals surface area contributed by atoms with E-state index in [9.17, 15) is 73.2 Å². The van der Waals surface area contributed by atoms with Gasteiger partial charge < -0.3 is 79.5 Å². The van der Waals surface area contributed by atoms with E-state index in [4.69, 9.17) is 16.6 Å². The lowest BCUT2D eigenvalue weighted by molar-refractivity contribution is -0.139. The molecule has 9 atom stereocenters. The lowest BCUT2D eigenvalue weighted by atomic mass is 10.0. The lowest BCUT2D eigenvalue weighted by Gasteiger charge is -2.28. The van der Waals surface area contributed by atoms with Gasteiger partial charge in [0.25, 0.3) is 0 Å². The highest BCUT2D eigenvalue weighted by molar-refractivity contribution is 5.98. The van der Waals surface area contributed by atoms with Crippen molar-refractivity contribution in [3.8, 4) is 5.75 Å². The molecule has 390 valence electrons. The monoisotopic (exact) mass is 1000 g/mol. The quantitative estimate of drug-likeness (QED) is 0.0350. The smallest absolute Gasteiger partial charge is 0.322 e. The minimum atomic E-state index is -1.72. The number of hydrogen-bond donors (Lipinski definition) is 15. The zero-order valence-corrected chi connectivity index (χ0v) is 39.5. The molecule has 71 heavy (non-hydrogen) atoms. The first-order valence-electron chi connectivity index (χ1n) is 22.3. The van der Waals surface area contributed by atoms with Gasteiger partial charge in [0.15, 0.2) is 0 Å². The van der Waals surface area contributed by atoms with Crippen molar-refractivity contribution in [1.29, 1.82) is 0 Å². The maximum Gasteiger partial charge on any atom is 0.322 e. The Morgan fingerprint density at radius 2 is 1.03 bits per heavy atom. The Hall–Kier alpha value is -7.71. The second kappa shape index (κ2) is 29.3. The number of phenols is 1. The topological polar surface area (TPSA) is 437 Å². The minimum Gasteiger partial charge on any atom is -0.508 e. The van der Waals surface area contributed by atoms with E-state index in [0.717, 1.165) is 13.8 Å². The number of rotatable bonds is 30. The van der Waals surface area contributed by atoms with Gasteiger partial charge in [0.05, 0.1) is 18.8 Å². The molecule has 0 aromatic heterocycles. The molecule has 0 bridgehead atoms. The van der Waals surface area contributed by atoms with Crippen LogP contribution in [0.3, 0.4) is 0 Å².